The Morgan fingerprint density at radius 3 is 2.47 bits per heavy atom. The van der Waals surface area contributed by atoms with E-state index in [1.165, 1.54) is 24.3 Å². The molecule has 0 saturated heterocycles. The highest BCUT2D eigenvalue weighted by Gasteiger charge is 2.07. The Balaban J connectivity index is 2.57. The van der Waals surface area contributed by atoms with Gasteiger partial charge < -0.3 is 0 Å². The first kappa shape index (κ1) is 11.3. The Morgan fingerprint density at radius 2 is 1.76 bits per heavy atom. The Kier molecular flexibility index (Phi) is 3.15. The normalized spacial score (nSPS) is 9.94. The number of rotatable bonds is 2. The van der Waals surface area contributed by atoms with Crippen LogP contribution in [0.25, 0.3) is 11.1 Å². The number of hydrogen-bond acceptors (Lipinski definition) is 1. The van der Waals surface area contributed by atoms with Gasteiger partial charge >= 0.3 is 0 Å². The fraction of sp³-hybridized carbons (Fsp3) is 0.0714. The van der Waals surface area contributed by atoms with E-state index >= 15 is 0 Å². The van der Waals surface area contributed by atoms with Crippen molar-refractivity contribution in [1.82, 2.24) is 0 Å². The van der Waals surface area contributed by atoms with E-state index in [2.05, 4.69) is 0 Å². The third-order valence-corrected chi connectivity index (χ3v) is 2.48. The molecule has 0 radical (unpaired) electrons. The lowest BCUT2D eigenvalue weighted by Gasteiger charge is -2.07. The predicted octanol–water partition coefficient (Wildman–Crippen LogP) is 3.70. The van der Waals surface area contributed by atoms with Crippen LogP contribution in [0.15, 0.2) is 42.5 Å². The van der Waals surface area contributed by atoms with E-state index in [1.54, 1.807) is 18.2 Å². The van der Waals surface area contributed by atoms with Crippen LogP contribution in [0.3, 0.4) is 0 Å². The van der Waals surface area contributed by atoms with Gasteiger partial charge in [0.15, 0.2) is 0 Å². The van der Waals surface area contributed by atoms with Crippen molar-refractivity contribution in [1.29, 1.82) is 5.26 Å². The molecule has 0 bridgehead atoms. The van der Waals surface area contributed by atoms with Crippen LogP contribution in [0.1, 0.15) is 5.56 Å². The monoisotopic (exact) mass is 229 g/mol. The van der Waals surface area contributed by atoms with Crippen molar-refractivity contribution in [3.8, 4) is 17.2 Å². The first-order chi connectivity index (χ1) is 8.20. The maximum Gasteiger partial charge on any atom is 0.123 e. The van der Waals surface area contributed by atoms with Gasteiger partial charge in [0.2, 0.25) is 0 Å². The summed E-state index contributed by atoms with van der Waals surface area (Å²) >= 11 is 0. The maximum absolute atomic E-state index is 13.2. The molecule has 3 heteroatoms. The molecule has 0 aliphatic heterocycles. The average molecular weight is 229 g/mol. The number of benzene rings is 2. The van der Waals surface area contributed by atoms with Crippen molar-refractivity contribution in [2.75, 3.05) is 0 Å². The molecule has 2 rings (SSSR count). The fourth-order valence-corrected chi connectivity index (χ4v) is 1.71. The minimum Gasteiger partial charge on any atom is -0.207 e. The zero-order chi connectivity index (χ0) is 12.3. The van der Waals surface area contributed by atoms with Crippen LogP contribution < -0.4 is 0 Å². The molecule has 0 atom stereocenters. The molecule has 17 heavy (non-hydrogen) atoms. The van der Waals surface area contributed by atoms with Crippen LogP contribution in [0.5, 0.6) is 0 Å². The quantitative estimate of drug-likeness (QED) is 0.770. The van der Waals surface area contributed by atoms with Gasteiger partial charge in [-0.15, -0.1) is 0 Å². The molecular formula is C14H9F2N. The summed E-state index contributed by atoms with van der Waals surface area (Å²) in [5, 5.41) is 8.70. The van der Waals surface area contributed by atoms with Crippen LogP contribution in [0, 0.1) is 23.0 Å². The summed E-state index contributed by atoms with van der Waals surface area (Å²) in [4.78, 5) is 0. The number of hydrogen-bond donors (Lipinski definition) is 0. The second-order valence-electron chi connectivity index (χ2n) is 3.65. The summed E-state index contributed by atoms with van der Waals surface area (Å²) in [6, 6.07) is 12.1. The number of halogens is 2. The summed E-state index contributed by atoms with van der Waals surface area (Å²) in [7, 11) is 0. The van der Waals surface area contributed by atoms with Gasteiger partial charge in [-0.05, 0) is 41.0 Å². The minimum absolute atomic E-state index is 0.173. The van der Waals surface area contributed by atoms with Crippen molar-refractivity contribution >= 4 is 0 Å². The Morgan fingerprint density at radius 1 is 1.00 bits per heavy atom. The highest BCUT2D eigenvalue weighted by Crippen LogP contribution is 2.25. The molecule has 0 N–H and O–H groups in total. The van der Waals surface area contributed by atoms with Gasteiger partial charge in [-0.2, -0.15) is 5.26 Å². The van der Waals surface area contributed by atoms with Gasteiger partial charge in [0.05, 0.1) is 12.5 Å². The second kappa shape index (κ2) is 4.75. The molecule has 0 heterocycles. The van der Waals surface area contributed by atoms with E-state index in [0.717, 1.165) is 0 Å². The van der Waals surface area contributed by atoms with E-state index in [9.17, 15) is 8.78 Å². The second-order valence-corrected chi connectivity index (χ2v) is 3.65. The van der Waals surface area contributed by atoms with Crippen LogP contribution in [0.4, 0.5) is 8.78 Å². The van der Waals surface area contributed by atoms with Gasteiger partial charge in [0.25, 0.3) is 0 Å². The molecule has 0 fully saturated rings. The van der Waals surface area contributed by atoms with Gasteiger partial charge in [-0.1, -0.05) is 18.2 Å². The smallest absolute Gasteiger partial charge is 0.123 e. The molecule has 0 unspecified atom stereocenters. The molecule has 2 aromatic carbocycles. The van der Waals surface area contributed by atoms with Gasteiger partial charge in [0.1, 0.15) is 11.6 Å². The third-order valence-electron chi connectivity index (χ3n) is 2.48. The van der Waals surface area contributed by atoms with E-state index in [0.29, 0.717) is 16.7 Å². The Bertz CT molecular complexity index is 585. The van der Waals surface area contributed by atoms with Crippen molar-refractivity contribution in [3.63, 3.8) is 0 Å². The van der Waals surface area contributed by atoms with Gasteiger partial charge in [-0.3, -0.25) is 0 Å². The summed E-state index contributed by atoms with van der Waals surface area (Å²) in [6.07, 6.45) is 0.173. The average Bonchev–Trinajstić information content (AvgIpc) is 2.32. The van der Waals surface area contributed by atoms with Crippen LogP contribution in [0.2, 0.25) is 0 Å². The molecule has 1 nitrogen and oxygen atoms in total. The van der Waals surface area contributed by atoms with E-state index in [-0.39, 0.29) is 12.2 Å². The summed E-state index contributed by atoms with van der Waals surface area (Å²) in [5.74, 6) is -0.777. The molecule has 0 aromatic heterocycles. The predicted molar refractivity (Wildman–Crippen MR) is 61.1 cm³/mol. The highest BCUT2D eigenvalue weighted by atomic mass is 19.1. The largest absolute Gasteiger partial charge is 0.207 e. The lowest BCUT2D eigenvalue weighted by atomic mass is 9.98. The third kappa shape index (κ3) is 2.48. The topological polar surface area (TPSA) is 23.8 Å². The fourth-order valence-electron chi connectivity index (χ4n) is 1.71. The summed E-state index contributed by atoms with van der Waals surface area (Å²) in [5.41, 5.74) is 1.83. The maximum atomic E-state index is 13.2. The molecule has 2 aromatic rings. The molecule has 0 aliphatic carbocycles. The van der Waals surface area contributed by atoms with Crippen LogP contribution in [-0.4, -0.2) is 0 Å². The highest BCUT2D eigenvalue weighted by molar-refractivity contribution is 5.67. The lowest BCUT2D eigenvalue weighted by molar-refractivity contribution is 0.625. The molecule has 84 valence electrons. The van der Waals surface area contributed by atoms with E-state index in [4.69, 9.17) is 5.26 Å². The Hall–Kier alpha value is -2.21. The van der Waals surface area contributed by atoms with Crippen LogP contribution in [-0.2, 0) is 6.42 Å². The SMILES string of the molecule is N#CCc1ccc(F)cc1-c1cccc(F)c1. The van der Waals surface area contributed by atoms with Crippen molar-refractivity contribution in [2.45, 2.75) is 6.42 Å². The Labute approximate surface area is 97.9 Å². The first-order valence-corrected chi connectivity index (χ1v) is 5.12. The van der Waals surface area contributed by atoms with Crippen molar-refractivity contribution in [2.24, 2.45) is 0 Å². The zero-order valence-corrected chi connectivity index (χ0v) is 8.95. The number of nitriles is 1. The lowest BCUT2D eigenvalue weighted by Crippen LogP contribution is -1.90. The molecular weight excluding hydrogens is 220 g/mol. The summed E-state index contributed by atoms with van der Waals surface area (Å²) in [6.45, 7) is 0. The van der Waals surface area contributed by atoms with E-state index < -0.39 is 5.82 Å². The standard InChI is InChI=1S/C14H9F2N/c15-12-3-1-2-11(8-12)14-9-13(16)5-4-10(14)6-7-17/h1-5,8-9H,6H2. The molecule has 0 aliphatic rings. The molecule has 0 spiro atoms. The first-order valence-electron chi connectivity index (χ1n) is 5.12. The minimum atomic E-state index is -0.397. The zero-order valence-electron chi connectivity index (χ0n) is 8.95. The van der Waals surface area contributed by atoms with Crippen LogP contribution >= 0.6 is 0 Å². The molecule has 0 saturated carbocycles. The summed E-state index contributed by atoms with van der Waals surface area (Å²) < 4.78 is 26.3. The van der Waals surface area contributed by atoms with Crippen molar-refractivity contribution < 1.29 is 8.78 Å². The van der Waals surface area contributed by atoms with Gasteiger partial charge in [0, 0.05) is 0 Å². The van der Waals surface area contributed by atoms with Crippen molar-refractivity contribution in [3.05, 3.63) is 59.7 Å². The van der Waals surface area contributed by atoms with Gasteiger partial charge in [-0.25, -0.2) is 8.78 Å². The van der Waals surface area contributed by atoms with E-state index in [1.807, 2.05) is 6.07 Å². The molecule has 0 amide bonds. The number of nitrogens with zero attached hydrogens (tertiary/aromatic N) is 1.